The van der Waals surface area contributed by atoms with Gasteiger partial charge in [0.05, 0.1) is 29.5 Å². The number of benzene rings is 1. The molecule has 5 heteroatoms. The summed E-state index contributed by atoms with van der Waals surface area (Å²) in [5.74, 6) is -0.344. The predicted octanol–water partition coefficient (Wildman–Crippen LogP) is 2.89. The fourth-order valence-electron chi connectivity index (χ4n) is 3.01. The van der Waals surface area contributed by atoms with E-state index in [4.69, 9.17) is 10.7 Å². The number of rotatable bonds is 3. The number of aryl methyl sites for hydroxylation is 1. The first-order valence-corrected chi connectivity index (χ1v) is 7.73. The van der Waals surface area contributed by atoms with Crippen molar-refractivity contribution in [3.63, 3.8) is 0 Å². The number of aromatic nitrogens is 3. The summed E-state index contributed by atoms with van der Waals surface area (Å²) < 4.78 is 2.01. The van der Waals surface area contributed by atoms with Gasteiger partial charge in [-0.05, 0) is 42.3 Å². The van der Waals surface area contributed by atoms with E-state index in [0.29, 0.717) is 0 Å². The molecule has 0 saturated carbocycles. The third-order valence-electron chi connectivity index (χ3n) is 4.14. The standard InChI is InChI=1S/C19H16N4O/c1-12-8-16(17-11-21-19-4-2-3-7-23(17)19)22-15-9-13(10-18(20)24)5-6-14(12)15/h2-9,11H,10H2,1H3,(H2,20,24). The Morgan fingerprint density at radius 1 is 1.21 bits per heavy atom. The van der Waals surface area contributed by atoms with Crippen LogP contribution >= 0.6 is 0 Å². The van der Waals surface area contributed by atoms with Crippen LogP contribution in [0.2, 0.25) is 0 Å². The minimum atomic E-state index is -0.344. The lowest BCUT2D eigenvalue weighted by Gasteiger charge is -2.08. The van der Waals surface area contributed by atoms with Gasteiger partial charge in [-0.1, -0.05) is 18.2 Å². The average molecular weight is 316 g/mol. The highest BCUT2D eigenvalue weighted by Crippen LogP contribution is 2.26. The van der Waals surface area contributed by atoms with Gasteiger partial charge in [-0.15, -0.1) is 0 Å². The lowest BCUT2D eigenvalue weighted by Crippen LogP contribution is -2.13. The van der Waals surface area contributed by atoms with Gasteiger partial charge in [0.1, 0.15) is 5.65 Å². The van der Waals surface area contributed by atoms with Gasteiger partial charge >= 0.3 is 0 Å². The summed E-state index contributed by atoms with van der Waals surface area (Å²) in [6.45, 7) is 2.06. The summed E-state index contributed by atoms with van der Waals surface area (Å²) in [5, 5.41) is 1.07. The van der Waals surface area contributed by atoms with Crippen molar-refractivity contribution in [1.29, 1.82) is 0 Å². The number of primary amides is 1. The van der Waals surface area contributed by atoms with Crippen molar-refractivity contribution in [2.75, 3.05) is 0 Å². The summed E-state index contributed by atoms with van der Waals surface area (Å²) in [6, 6.07) is 13.8. The second-order valence-electron chi connectivity index (χ2n) is 5.89. The molecule has 1 aromatic carbocycles. The van der Waals surface area contributed by atoms with E-state index >= 15 is 0 Å². The van der Waals surface area contributed by atoms with E-state index in [0.717, 1.165) is 39.1 Å². The van der Waals surface area contributed by atoms with Crippen LogP contribution in [-0.4, -0.2) is 20.3 Å². The minimum Gasteiger partial charge on any atom is -0.369 e. The van der Waals surface area contributed by atoms with Gasteiger partial charge < -0.3 is 5.73 Å². The molecule has 24 heavy (non-hydrogen) atoms. The number of fused-ring (bicyclic) bond motifs is 2. The van der Waals surface area contributed by atoms with Crippen molar-refractivity contribution in [2.45, 2.75) is 13.3 Å². The molecule has 0 unspecified atom stereocenters. The van der Waals surface area contributed by atoms with E-state index < -0.39 is 0 Å². The quantitative estimate of drug-likeness (QED) is 0.631. The normalized spacial score (nSPS) is 11.2. The van der Waals surface area contributed by atoms with Crippen LogP contribution in [0.5, 0.6) is 0 Å². The lowest BCUT2D eigenvalue weighted by molar-refractivity contribution is -0.117. The van der Waals surface area contributed by atoms with E-state index in [1.807, 2.05) is 53.2 Å². The van der Waals surface area contributed by atoms with Crippen molar-refractivity contribution in [1.82, 2.24) is 14.4 Å². The molecule has 5 nitrogen and oxygen atoms in total. The number of hydrogen-bond donors (Lipinski definition) is 1. The van der Waals surface area contributed by atoms with E-state index in [2.05, 4.69) is 18.0 Å². The Morgan fingerprint density at radius 3 is 2.92 bits per heavy atom. The van der Waals surface area contributed by atoms with Gasteiger partial charge in [-0.2, -0.15) is 0 Å². The highest BCUT2D eigenvalue weighted by Gasteiger charge is 2.10. The zero-order chi connectivity index (χ0) is 16.7. The molecular formula is C19H16N4O. The molecule has 4 aromatic rings. The van der Waals surface area contributed by atoms with Crippen LogP contribution in [0.3, 0.4) is 0 Å². The molecular weight excluding hydrogens is 300 g/mol. The van der Waals surface area contributed by atoms with Crippen LogP contribution in [0.15, 0.2) is 54.9 Å². The molecule has 0 atom stereocenters. The predicted molar refractivity (Wildman–Crippen MR) is 93.6 cm³/mol. The molecule has 0 spiro atoms. The maximum absolute atomic E-state index is 11.2. The Balaban J connectivity index is 1.91. The Labute approximate surface area is 138 Å². The van der Waals surface area contributed by atoms with Crippen LogP contribution in [0, 0.1) is 6.92 Å². The Morgan fingerprint density at radius 2 is 2.08 bits per heavy atom. The summed E-state index contributed by atoms with van der Waals surface area (Å²) in [5.41, 5.74) is 10.8. The third kappa shape index (κ3) is 2.40. The van der Waals surface area contributed by atoms with E-state index in [1.165, 1.54) is 0 Å². The molecule has 3 heterocycles. The molecule has 3 aromatic heterocycles. The van der Waals surface area contributed by atoms with Gasteiger partial charge in [0.2, 0.25) is 5.91 Å². The minimum absolute atomic E-state index is 0.219. The first-order valence-electron chi connectivity index (χ1n) is 7.73. The zero-order valence-corrected chi connectivity index (χ0v) is 13.2. The zero-order valence-electron chi connectivity index (χ0n) is 13.2. The van der Waals surface area contributed by atoms with Gasteiger partial charge in [0.25, 0.3) is 0 Å². The van der Waals surface area contributed by atoms with Crippen LogP contribution in [0.4, 0.5) is 0 Å². The molecule has 1 amide bonds. The molecule has 2 N–H and O–H groups in total. The summed E-state index contributed by atoms with van der Waals surface area (Å²) in [6.07, 6.45) is 4.02. The maximum Gasteiger partial charge on any atom is 0.221 e. The van der Waals surface area contributed by atoms with Crippen molar-refractivity contribution in [2.24, 2.45) is 5.73 Å². The van der Waals surface area contributed by atoms with Crippen LogP contribution in [-0.2, 0) is 11.2 Å². The number of amides is 1. The van der Waals surface area contributed by atoms with Crippen molar-refractivity contribution < 1.29 is 4.79 Å². The number of carbonyl (C=O) groups is 1. The van der Waals surface area contributed by atoms with Gasteiger partial charge in [0.15, 0.2) is 0 Å². The SMILES string of the molecule is Cc1cc(-c2cnc3ccccn23)nc2cc(CC(N)=O)ccc12. The molecule has 0 radical (unpaired) electrons. The highest BCUT2D eigenvalue weighted by atomic mass is 16.1. The van der Waals surface area contributed by atoms with Crippen molar-refractivity contribution in [3.05, 3.63) is 66.0 Å². The topological polar surface area (TPSA) is 73.3 Å². The maximum atomic E-state index is 11.2. The Kier molecular flexibility index (Phi) is 3.27. The second-order valence-corrected chi connectivity index (χ2v) is 5.89. The van der Waals surface area contributed by atoms with E-state index in [1.54, 1.807) is 0 Å². The van der Waals surface area contributed by atoms with E-state index in [-0.39, 0.29) is 12.3 Å². The molecule has 0 aliphatic carbocycles. The largest absolute Gasteiger partial charge is 0.369 e. The van der Waals surface area contributed by atoms with Gasteiger partial charge in [-0.25, -0.2) is 9.97 Å². The fraction of sp³-hybridized carbons (Fsp3) is 0.105. The number of carbonyl (C=O) groups excluding carboxylic acids is 1. The number of pyridine rings is 2. The van der Waals surface area contributed by atoms with Crippen LogP contribution in [0.1, 0.15) is 11.1 Å². The van der Waals surface area contributed by atoms with Gasteiger partial charge in [-0.3, -0.25) is 9.20 Å². The molecule has 0 aliphatic rings. The average Bonchev–Trinajstić information content (AvgIpc) is 2.98. The summed E-state index contributed by atoms with van der Waals surface area (Å²) in [7, 11) is 0. The van der Waals surface area contributed by atoms with Gasteiger partial charge in [0, 0.05) is 11.6 Å². The molecule has 4 rings (SSSR count). The Bertz CT molecular complexity index is 1080. The highest BCUT2D eigenvalue weighted by molar-refractivity contribution is 5.86. The van der Waals surface area contributed by atoms with Crippen molar-refractivity contribution >= 4 is 22.5 Å². The first-order chi connectivity index (χ1) is 11.6. The first kappa shape index (κ1) is 14.4. The smallest absolute Gasteiger partial charge is 0.221 e. The number of nitrogens with two attached hydrogens (primary N) is 1. The number of nitrogens with zero attached hydrogens (tertiary/aromatic N) is 3. The molecule has 0 fully saturated rings. The van der Waals surface area contributed by atoms with Crippen molar-refractivity contribution in [3.8, 4) is 11.4 Å². The molecule has 118 valence electrons. The van der Waals surface area contributed by atoms with Crippen LogP contribution < -0.4 is 5.73 Å². The number of imidazole rings is 1. The summed E-state index contributed by atoms with van der Waals surface area (Å²) in [4.78, 5) is 20.4. The Hall–Kier alpha value is -3.21. The number of hydrogen-bond acceptors (Lipinski definition) is 3. The molecule has 0 saturated heterocycles. The lowest BCUT2D eigenvalue weighted by atomic mass is 10.0. The van der Waals surface area contributed by atoms with Crippen LogP contribution in [0.25, 0.3) is 27.9 Å². The third-order valence-corrected chi connectivity index (χ3v) is 4.14. The fourth-order valence-corrected chi connectivity index (χ4v) is 3.01. The molecule has 0 bridgehead atoms. The monoisotopic (exact) mass is 316 g/mol. The summed E-state index contributed by atoms with van der Waals surface area (Å²) >= 11 is 0. The molecule has 0 aliphatic heterocycles. The second kappa shape index (κ2) is 5.45. The van der Waals surface area contributed by atoms with E-state index in [9.17, 15) is 4.79 Å².